The summed E-state index contributed by atoms with van der Waals surface area (Å²) in [5.74, 6) is 0. The molecule has 2 heteroatoms. The Morgan fingerprint density at radius 2 is 1.69 bits per heavy atom. The predicted molar refractivity (Wildman–Crippen MR) is 69.1 cm³/mol. The van der Waals surface area contributed by atoms with Gasteiger partial charge in [-0.3, -0.25) is 4.90 Å². The van der Waals surface area contributed by atoms with Crippen LogP contribution < -0.4 is 5.73 Å². The quantitative estimate of drug-likeness (QED) is 0.728. The molecule has 2 fully saturated rings. The van der Waals surface area contributed by atoms with Gasteiger partial charge in [0, 0.05) is 18.6 Å². The van der Waals surface area contributed by atoms with E-state index >= 15 is 0 Å². The van der Waals surface area contributed by atoms with Gasteiger partial charge < -0.3 is 5.73 Å². The van der Waals surface area contributed by atoms with Gasteiger partial charge in [0.15, 0.2) is 0 Å². The molecule has 0 amide bonds. The normalized spacial score (nSPS) is 41.9. The second-order valence-electron chi connectivity index (χ2n) is 6.20. The van der Waals surface area contributed by atoms with Crippen LogP contribution in [0.4, 0.5) is 0 Å². The Labute approximate surface area is 99.9 Å². The van der Waals surface area contributed by atoms with Gasteiger partial charge in [-0.1, -0.05) is 25.8 Å². The first-order valence-corrected chi connectivity index (χ1v) is 6.73. The molecule has 1 saturated heterocycles. The van der Waals surface area contributed by atoms with E-state index in [-0.39, 0.29) is 0 Å². The molecule has 1 aliphatic carbocycles. The van der Waals surface area contributed by atoms with Gasteiger partial charge in [0.05, 0.1) is 0 Å². The lowest BCUT2D eigenvalue weighted by molar-refractivity contribution is 0.158. The van der Waals surface area contributed by atoms with Crippen LogP contribution in [0.5, 0.6) is 0 Å². The molecule has 1 heterocycles. The van der Waals surface area contributed by atoms with E-state index in [1.165, 1.54) is 51.6 Å². The highest BCUT2D eigenvalue weighted by Crippen LogP contribution is 2.41. The Morgan fingerprint density at radius 3 is 2.31 bits per heavy atom. The van der Waals surface area contributed by atoms with Crippen LogP contribution in [0.15, 0.2) is 12.3 Å². The third-order valence-electron chi connectivity index (χ3n) is 4.66. The number of hydrogen-bond donors (Lipinski definition) is 1. The fraction of sp³-hybridized carbons (Fsp3) is 0.857. The first-order chi connectivity index (χ1) is 7.58. The van der Waals surface area contributed by atoms with Crippen molar-refractivity contribution in [1.29, 1.82) is 0 Å². The molecule has 1 saturated carbocycles. The SMILES string of the molecule is C[C@]1(/C=C/N)CCCC[C@@](C)(N2CC2)CC1. The molecule has 0 aromatic heterocycles. The maximum atomic E-state index is 5.58. The Hall–Kier alpha value is -0.500. The third-order valence-corrected chi connectivity index (χ3v) is 4.66. The van der Waals surface area contributed by atoms with Crippen LogP contribution in [-0.4, -0.2) is 23.5 Å². The lowest BCUT2D eigenvalue weighted by Crippen LogP contribution is -2.37. The lowest BCUT2D eigenvalue weighted by atomic mass is 9.73. The minimum absolute atomic E-state index is 0.340. The zero-order valence-corrected chi connectivity index (χ0v) is 10.8. The largest absolute Gasteiger partial charge is 0.405 e. The molecule has 92 valence electrons. The van der Waals surface area contributed by atoms with Crippen LogP contribution in [-0.2, 0) is 0 Å². The van der Waals surface area contributed by atoms with Crippen molar-refractivity contribution in [1.82, 2.24) is 4.90 Å². The number of allylic oxidation sites excluding steroid dienone is 1. The van der Waals surface area contributed by atoms with Gasteiger partial charge in [0.2, 0.25) is 0 Å². The highest BCUT2D eigenvalue weighted by atomic mass is 15.3. The second-order valence-corrected chi connectivity index (χ2v) is 6.20. The molecule has 0 aromatic carbocycles. The zero-order valence-electron chi connectivity index (χ0n) is 10.8. The van der Waals surface area contributed by atoms with Crippen LogP contribution in [0.1, 0.15) is 52.4 Å². The van der Waals surface area contributed by atoms with Gasteiger partial charge in [-0.25, -0.2) is 0 Å². The van der Waals surface area contributed by atoms with Gasteiger partial charge in [0.1, 0.15) is 0 Å². The molecule has 2 atom stereocenters. The molecule has 0 aromatic rings. The maximum absolute atomic E-state index is 5.58. The molecule has 2 nitrogen and oxygen atoms in total. The monoisotopic (exact) mass is 222 g/mol. The van der Waals surface area contributed by atoms with Gasteiger partial charge in [-0.05, 0) is 44.2 Å². The summed E-state index contributed by atoms with van der Waals surface area (Å²) in [7, 11) is 0. The van der Waals surface area contributed by atoms with Crippen molar-refractivity contribution in [2.24, 2.45) is 11.1 Å². The highest BCUT2D eigenvalue weighted by molar-refractivity contribution is 5.01. The number of nitrogens with zero attached hydrogens (tertiary/aromatic N) is 1. The van der Waals surface area contributed by atoms with E-state index in [4.69, 9.17) is 5.73 Å². The number of nitrogens with two attached hydrogens (primary N) is 1. The molecular formula is C14H26N2. The maximum Gasteiger partial charge on any atom is 0.0182 e. The molecule has 0 bridgehead atoms. The Morgan fingerprint density at radius 1 is 1.00 bits per heavy atom. The Kier molecular flexibility index (Phi) is 3.29. The van der Waals surface area contributed by atoms with Gasteiger partial charge >= 0.3 is 0 Å². The minimum atomic E-state index is 0.340. The second kappa shape index (κ2) is 4.40. The van der Waals surface area contributed by atoms with E-state index in [1.54, 1.807) is 6.20 Å². The van der Waals surface area contributed by atoms with Crippen LogP contribution in [0.2, 0.25) is 0 Å². The van der Waals surface area contributed by atoms with Crippen molar-refractivity contribution < 1.29 is 0 Å². The first-order valence-electron chi connectivity index (χ1n) is 6.73. The van der Waals surface area contributed by atoms with Crippen molar-refractivity contribution in [3.05, 3.63) is 12.3 Å². The molecule has 2 rings (SSSR count). The topological polar surface area (TPSA) is 29.0 Å². The van der Waals surface area contributed by atoms with Gasteiger partial charge in [-0.2, -0.15) is 0 Å². The van der Waals surface area contributed by atoms with Crippen molar-refractivity contribution in [3.8, 4) is 0 Å². The van der Waals surface area contributed by atoms with E-state index in [0.717, 1.165) is 0 Å². The average Bonchev–Trinajstić information content (AvgIpc) is 3.04. The zero-order chi connectivity index (χ0) is 11.6. The molecular weight excluding hydrogens is 196 g/mol. The molecule has 1 aliphatic heterocycles. The molecule has 0 spiro atoms. The molecule has 2 N–H and O–H groups in total. The van der Waals surface area contributed by atoms with Crippen LogP contribution in [0, 0.1) is 5.41 Å². The molecule has 2 aliphatic rings. The summed E-state index contributed by atoms with van der Waals surface area (Å²) in [5.41, 5.74) is 6.40. The lowest BCUT2D eigenvalue weighted by Gasteiger charge is -2.38. The summed E-state index contributed by atoms with van der Waals surface area (Å²) >= 11 is 0. The summed E-state index contributed by atoms with van der Waals surface area (Å²) in [5, 5.41) is 0. The summed E-state index contributed by atoms with van der Waals surface area (Å²) in [4.78, 5) is 2.64. The predicted octanol–water partition coefficient (Wildman–Crippen LogP) is 2.89. The van der Waals surface area contributed by atoms with E-state index in [1.807, 2.05) is 0 Å². The fourth-order valence-corrected chi connectivity index (χ4v) is 3.14. The minimum Gasteiger partial charge on any atom is -0.405 e. The molecule has 0 radical (unpaired) electrons. The number of rotatable bonds is 2. The summed E-state index contributed by atoms with van der Waals surface area (Å²) in [6.45, 7) is 7.46. The van der Waals surface area contributed by atoms with Crippen LogP contribution in [0.3, 0.4) is 0 Å². The molecule has 16 heavy (non-hydrogen) atoms. The van der Waals surface area contributed by atoms with Crippen LogP contribution >= 0.6 is 0 Å². The average molecular weight is 222 g/mol. The van der Waals surface area contributed by atoms with E-state index < -0.39 is 0 Å². The molecule has 0 unspecified atom stereocenters. The van der Waals surface area contributed by atoms with E-state index in [2.05, 4.69) is 24.8 Å². The van der Waals surface area contributed by atoms with Crippen molar-refractivity contribution in [2.75, 3.05) is 13.1 Å². The highest BCUT2D eigenvalue weighted by Gasteiger charge is 2.40. The summed E-state index contributed by atoms with van der Waals surface area (Å²) < 4.78 is 0. The van der Waals surface area contributed by atoms with Gasteiger partial charge in [-0.15, -0.1) is 0 Å². The fourth-order valence-electron chi connectivity index (χ4n) is 3.14. The summed E-state index contributed by atoms with van der Waals surface area (Å²) in [6.07, 6.45) is 12.0. The van der Waals surface area contributed by atoms with Crippen molar-refractivity contribution in [3.63, 3.8) is 0 Å². The standard InChI is InChI=1S/C14H26N2/c1-13(9-10-15)5-3-4-6-14(2,8-7-13)16-11-12-16/h9-10H,3-8,11-12,15H2,1-2H3/b10-9+/t13-,14+/m0/s1. The summed E-state index contributed by atoms with van der Waals surface area (Å²) in [6, 6.07) is 0. The first kappa shape index (κ1) is 12.0. The third kappa shape index (κ3) is 2.60. The number of hydrogen-bond acceptors (Lipinski definition) is 2. The van der Waals surface area contributed by atoms with E-state index in [9.17, 15) is 0 Å². The smallest absolute Gasteiger partial charge is 0.0182 e. The van der Waals surface area contributed by atoms with Gasteiger partial charge in [0.25, 0.3) is 0 Å². The van der Waals surface area contributed by atoms with Crippen molar-refractivity contribution >= 4 is 0 Å². The van der Waals surface area contributed by atoms with E-state index in [0.29, 0.717) is 11.0 Å². The van der Waals surface area contributed by atoms with Crippen molar-refractivity contribution in [2.45, 2.75) is 57.9 Å². The Bertz CT molecular complexity index is 270. The Balaban J connectivity index is 2.02. The van der Waals surface area contributed by atoms with Crippen LogP contribution in [0.25, 0.3) is 0 Å².